The molecule has 0 fully saturated rings. The Balaban J connectivity index is 1.65. The molecule has 1 heterocycles. The Morgan fingerprint density at radius 1 is 1.19 bits per heavy atom. The van der Waals surface area contributed by atoms with Crippen LogP contribution < -0.4 is 4.90 Å². The number of anilines is 1. The molecule has 130 valence electrons. The van der Waals surface area contributed by atoms with Crippen LogP contribution in [0.1, 0.15) is 0 Å². The van der Waals surface area contributed by atoms with Crippen molar-refractivity contribution in [3.8, 4) is 17.4 Å². The molecule has 0 saturated carbocycles. The maximum absolute atomic E-state index is 13.0. The van der Waals surface area contributed by atoms with Crippen molar-refractivity contribution in [2.45, 2.75) is 5.22 Å². The van der Waals surface area contributed by atoms with E-state index < -0.39 is 0 Å². The summed E-state index contributed by atoms with van der Waals surface area (Å²) in [5, 5.41) is 9.31. The Labute approximate surface area is 154 Å². The molecule has 3 rings (SSSR count). The quantitative estimate of drug-likeness (QED) is 0.484. The minimum atomic E-state index is -0.327. The highest BCUT2D eigenvalue weighted by Gasteiger charge is 2.17. The van der Waals surface area contributed by atoms with E-state index >= 15 is 0 Å². The normalized spacial score (nSPS) is 10.3. The van der Waals surface area contributed by atoms with E-state index in [1.165, 1.54) is 23.2 Å². The van der Waals surface area contributed by atoms with Crippen LogP contribution in [0, 0.1) is 17.1 Å². The molecular weight excluding hydrogens is 353 g/mol. The molecule has 0 aliphatic heterocycles. The van der Waals surface area contributed by atoms with Gasteiger partial charge >= 0.3 is 0 Å². The second-order valence-electron chi connectivity index (χ2n) is 5.26. The lowest BCUT2D eigenvalue weighted by Crippen LogP contribution is -2.32. The average Bonchev–Trinajstić information content (AvgIpc) is 3.14. The SMILES string of the molecule is N#CCN(C(=O)CSc1ncc(-c2ccc(F)cc2)o1)c1ccccc1. The molecule has 26 heavy (non-hydrogen) atoms. The summed E-state index contributed by atoms with van der Waals surface area (Å²) in [5.74, 6) is 0.0352. The monoisotopic (exact) mass is 367 g/mol. The highest BCUT2D eigenvalue weighted by atomic mass is 32.2. The summed E-state index contributed by atoms with van der Waals surface area (Å²) in [5.41, 5.74) is 1.37. The smallest absolute Gasteiger partial charge is 0.256 e. The fourth-order valence-corrected chi connectivity index (χ4v) is 2.95. The van der Waals surface area contributed by atoms with Gasteiger partial charge in [0, 0.05) is 11.3 Å². The number of carbonyl (C=O) groups excluding carboxylic acids is 1. The van der Waals surface area contributed by atoms with Gasteiger partial charge in [0.05, 0.1) is 18.0 Å². The van der Waals surface area contributed by atoms with E-state index in [9.17, 15) is 9.18 Å². The molecule has 0 spiro atoms. The fourth-order valence-electron chi connectivity index (χ4n) is 2.28. The van der Waals surface area contributed by atoms with E-state index in [4.69, 9.17) is 9.68 Å². The van der Waals surface area contributed by atoms with E-state index in [1.807, 2.05) is 24.3 Å². The molecule has 0 aliphatic rings. The molecule has 0 unspecified atom stereocenters. The van der Waals surface area contributed by atoms with Crippen LogP contribution in [0.15, 0.2) is 70.4 Å². The van der Waals surface area contributed by atoms with Gasteiger partial charge in [0.1, 0.15) is 12.4 Å². The number of thioether (sulfide) groups is 1. The van der Waals surface area contributed by atoms with Gasteiger partial charge in [-0.1, -0.05) is 30.0 Å². The molecule has 5 nitrogen and oxygen atoms in total. The highest BCUT2D eigenvalue weighted by molar-refractivity contribution is 7.99. The average molecular weight is 367 g/mol. The molecule has 3 aromatic rings. The summed E-state index contributed by atoms with van der Waals surface area (Å²) in [6, 6.07) is 16.9. The molecule has 1 aromatic heterocycles. The predicted molar refractivity (Wildman–Crippen MR) is 97.0 cm³/mol. The van der Waals surface area contributed by atoms with Crippen molar-refractivity contribution in [1.82, 2.24) is 4.98 Å². The molecule has 7 heteroatoms. The summed E-state index contributed by atoms with van der Waals surface area (Å²) >= 11 is 1.14. The van der Waals surface area contributed by atoms with Gasteiger partial charge in [-0.25, -0.2) is 9.37 Å². The minimum Gasteiger partial charge on any atom is -0.431 e. The highest BCUT2D eigenvalue weighted by Crippen LogP contribution is 2.26. The zero-order chi connectivity index (χ0) is 18.4. The van der Waals surface area contributed by atoms with Gasteiger partial charge in [0.15, 0.2) is 5.76 Å². The van der Waals surface area contributed by atoms with E-state index in [-0.39, 0.29) is 24.0 Å². The van der Waals surface area contributed by atoms with E-state index in [0.717, 1.165) is 11.8 Å². The lowest BCUT2D eigenvalue weighted by atomic mass is 10.2. The molecular formula is C19H14FN3O2S. The Hall–Kier alpha value is -3.11. The van der Waals surface area contributed by atoms with Crippen LogP contribution in [0.4, 0.5) is 10.1 Å². The summed E-state index contributed by atoms with van der Waals surface area (Å²) in [6.07, 6.45) is 1.53. The molecule has 0 saturated heterocycles. The maximum atomic E-state index is 13.0. The van der Waals surface area contributed by atoms with Crippen molar-refractivity contribution in [3.63, 3.8) is 0 Å². The number of halogens is 1. The number of rotatable bonds is 6. The molecule has 0 N–H and O–H groups in total. The largest absolute Gasteiger partial charge is 0.431 e. The van der Waals surface area contributed by atoms with Gasteiger partial charge in [0.2, 0.25) is 5.91 Å². The molecule has 1 amide bonds. The van der Waals surface area contributed by atoms with Crippen molar-refractivity contribution in [1.29, 1.82) is 5.26 Å². The second-order valence-corrected chi connectivity index (χ2v) is 6.19. The Kier molecular flexibility index (Phi) is 5.66. The second kappa shape index (κ2) is 8.32. The van der Waals surface area contributed by atoms with Crippen LogP contribution >= 0.6 is 11.8 Å². The van der Waals surface area contributed by atoms with Gasteiger partial charge < -0.3 is 4.42 Å². The van der Waals surface area contributed by atoms with Gasteiger partial charge in [-0.05, 0) is 36.4 Å². The molecule has 0 atom stereocenters. The van der Waals surface area contributed by atoms with Crippen LogP contribution in [-0.4, -0.2) is 23.2 Å². The third kappa shape index (κ3) is 4.29. The molecule has 0 radical (unpaired) electrons. The Morgan fingerprint density at radius 3 is 2.62 bits per heavy atom. The lowest BCUT2D eigenvalue weighted by molar-refractivity contribution is -0.116. The number of oxazole rings is 1. The van der Waals surface area contributed by atoms with Crippen LogP contribution in [0.2, 0.25) is 0 Å². The van der Waals surface area contributed by atoms with Crippen molar-refractivity contribution >= 4 is 23.4 Å². The number of nitrogens with zero attached hydrogens (tertiary/aromatic N) is 3. The van der Waals surface area contributed by atoms with Crippen LogP contribution in [0.25, 0.3) is 11.3 Å². The van der Waals surface area contributed by atoms with Gasteiger partial charge in [-0.15, -0.1) is 0 Å². The van der Waals surface area contributed by atoms with E-state index in [1.54, 1.807) is 24.3 Å². The van der Waals surface area contributed by atoms with Crippen LogP contribution in [0.5, 0.6) is 0 Å². The Bertz CT molecular complexity index is 920. The molecule has 0 aliphatic carbocycles. The maximum Gasteiger partial charge on any atom is 0.256 e. The first-order valence-electron chi connectivity index (χ1n) is 7.74. The topological polar surface area (TPSA) is 70.1 Å². The summed E-state index contributed by atoms with van der Waals surface area (Å²) < 4.78 is 18.6. The fraction of sp³-hybridized carbons (Fsp3) is 0.105. The number of para-hydroxylation sites is 1. The van der Waals surface area contributed by atoms with Crippen molar-refractivity contribution < 1.29 is 13.6 Å². The van der Waals surface area contributed by atoms with Crippen LogP contribution in [0.3, 0.4) is 0 Å². The predicted octanol–water partition coefficient (Wildman–Crippen LogP) is 4.13. The van der Waals surface area contributed by atoms with Crippen molar-refractivity contribution in [3.05, 3.63) is 66.6 Å². The minimum absolute atomic E-state index is 0.0319. The van der Waals surface area contributed by atoms with Gasteiger partial charge in [-0.3, -0.25) is 9.69 Å². The first kappa shape index (κ1) is 17.7. The third-order valence-corrected chi connectivity index (χ3v) is 4.36. The summed E-state index contributed by atoms with van der Waals surface area (Å²) in [4.78, 5) is 18.0. The van der Waals surface area contributed by atoms with E-state index in [0.29, 0.717) is 22.2 Å². The zero-order valence-corrected chi connectivity index (χ0v) is 14.4. The number of amides is 1. The van der Waals surface area contributed by atoms with Gasteiger partial charge in [-0.2, -0.15) is 5.26 Å². The lowest BCUT2D eigenvalue weighted by Gasteiger charge is -2.19. The Morgan fingerprint density at radius 2 is 1.92 bits per heavy atom. The molecule has 2 aromatic carbocycles. The van der Waals surface area contributed by atoms with E-state index in [2.05, 4.69) is 4.98 Å². The summed E-state index contributed by atoms with van der Waals surface area (Å²) in [7, 11) is 0. The summed E-state index contributed by atoms with van der Waals surface area (Å²) in [6.45, 7) is -0.0319. The number of carbonyl (C=O) groups is 1. The number of benzene rings is 2. The van der Waals surface area contributed by atoms with Crippen molar-refractivity contribution in [2.75, 3.05) is 17.2 Å². The number of hydrogen-bond donors (Lipinski definition) is 0. The number of hydrogen-bond acceptors (Lipinski definition) is 5. The number of aromatic nitrogens is 1. The first-order chi connectivity index (χ1) is 12.7. The van der Waals surface area contributed by atoms with Gasteiger partial charge in [0.25, 0.3) is 5.22 Å². The van der Waals surface area contributed by atoms with Crippen LogP contribution in [-0.2, 0) is 4.79 Å². The third-order valence-electron chi connectivity index (χ3n) is 3.53. The first-order valence-corrected chi connectivity index (χ1v) is 8.73. The van der Waals surface area contributed by atoms with Crippen molar-refractivity contribution in [2.24, 2.45) is 0 Å². The standard InChI is InChI=1S/C19H14FN3O2S/c20-15-8-6-14(7-9-15)17-12-22-19(25-17)26-13-18(24)23(11-10-21)16-4-2-1-3-5-16/h1-9,12H,11,13H2. The molecule has 0 bridgehead atoms. The number of nitriles is 1. The zero-order valence-electron chi connectivity index (χ0n) is 13.6.